The largest absolute Gasteiger partial charge is 0.447 e. The van der Waals surface area contributed by atoms with Crippen molar-refractivity contribution in [1.82, 2.24) is 9.62 Å². The van der Waals surface area contributed by atoms with E-state index in [2.05, 4.69) is 5.32 Å². The first-order valence-corrected chi connectivity index (χ1v) is 7.82. The summed E-state index contributed by atoms with van der Waals surface area (Å²) < 4.78 is 31.7. The third-order valence-corrected chi connectivity index (χ3v) is 4.92. The topological polar surface area (TPSA) is 62.6 Å². The molecule has 5 nitrogen and oxygen atoms in total. The molecule has 0 amide bonds. The quantitative estimate of drug-likeness (QED) is 0.903. The van der Waals surface area contributed by atoms with Crippen molar-refractivity contribution in [2.24, 2.45) is 0 Å². The van der Waals surface area contributed by atoms with Crippen LogP contribution in [0.2, 0.25) is 0 Å². The van der Waals surface area contributed by atoms with E-state index in [9.17, 15) is 8.42 Å². The molecular formula is C12H20N2O3S. The van der Waals surface area contributed by atoms with Crippen LogP contribution in [0, 0.1) is 0 Å². The molecule has 0 aliphatic carbocycles. The standard InChI is InChI=1S/C12H20N2O3S/c1-13-10-11-6-7-12(17-11)18(15,16)14-8-4-2-3-5-9-14/h6-7,13H,2-5,8-10H2,1H3. The minimum atomic E-state index is -3.44. The first-order valence-electron chi connectivity index (χ1n) is 6.38. The second-order valence-corrected chi connectivity index (χ2v) is 6.44. The van der Waals surface area contributed by atoms with Crippen LogP contribution in [0.25, 0.3) is 0 Å². The van der Waals surface area contributed by atoms with Gasteiger partial charge in [-0.3, -0.25) is 0 Å². The Balaban J connectivity index is 2.17. The van der Waals surface area contributed by atoms with Gasteiger partial charge in [-0.25, -0.2) is 8.42 Å². The zero-order valence-corrected chi connectivity index (χ0v) is 11.5. The molecule has 0 unspecified atom stereocenters. The van der Waals surface area contributed by atoms with Crippen LogP contribution in [0.15, 0.2) is 21.6 Å². The second-order valence-electron chi connectivity index (χ2n) is 4.57. The van der Waals surface area contributed by atoms with Crippen LogP contribution in [0.5, 0.6) is 0 Å². The number of sulfonamides is 1. The van der Waals surface area contributed by atoms with Crippen molar-refractivity contribution >= 4 is 10.0 Å². The maximum atomic E-state index is 12.4. The molecule has 1 aromatic heterocycles. The Hall–Kier alpha value is -0.850. The number of nitrogens with one attached hydrogen (secondary N) is 1. The molecule has 1 aromatic rings. The van der Waals surface area contributed by atoms with E-state index in [1.165, 1.54) is 0 Å². The fraction of sp³-hybridized carbons (Fsp3) is 0.667. The molecule has 0 radical (unpaired) electrons. The van der Waals surface area contributed by atoms with Crippen molar-refractivity contribution < 1.29 is 12.8 Å². The van der Waals surface area contributed by atoms with E-state index in [-0.39, 0.29) is 5.09 Å². The predicted octanol–water partition coefficient (Wildman–Crippen LogP) is 1.56. The molecule has 18 heavy (non-hydrogen) atoms. The summed E-state index contributed by atoms with van der Waals surface area (Å²) in [6.07, 6.45) is 4.08. The van der Waals surface area contributed by atoms with E-state index >= 15 is 0 Å². The normalized spacial score (nSPS) is 18.7. The molecule has 0 saturated carbocycles. The third-order valence-electron chi connectivity index (χ3n) is 3.15. The van der Waals surface area contributed by atoms with Crippen LogP contribution < -0.4 is 5.32 Å². The zero-order chi connectivity index (χ0) is 13.0. The average molecular weight is 272 g/mol. The molecule has 1 N–H and O–H groups in total. The van der Waals surface area contributed by atoms with Gasteiger partial charge < -0.3 is 9.73 Å². The molecule has 1 fully saturated rings. The highest BCUT2D eigenvalue weighted by Crippen LogP contribution is 2.22. The summed E-state index contributed by atoms with van der Waals surface area (Å²) >= 11 is 0. The van der Waals surface area contributed by atoms with Gasteiger partial charge in [0.1, 0.15) is 5.76 Å². The molecule has 1 aliphatic rings. The lowest BCUT2D eigenvalue weighted by Crippen LogP contribution is -2.31. The Kier molecular flexibility index (Phi) is 4.42. The summed E-state index contributed by atoms with van der Waals surface area (Å²) in [6, 6.07) is 3.26. The van der Waals surface area contributed by atoms with Gasteiger partial charge in [-0.15, -0.1) is 0 Å². The van der Waals surface area contributed by atoms with Crippen molar-refractivity contribution in [3.8, 4) is 0 Å². The molecule has 1 saturated heterocycles. The number of rotatable bonds is 4. The molecule has 6 heteroatoms. The van der Waals surface area contributed by atoms with Crippen LogP contribution in [0.4, 0.5) is 0 Å². The van der Waals surface area contributed by atoms with Crippen LogP contribution in [0.3, 0.4) is 0 Å². The second kappa shape index (κ2) is 5.86. The summed E-state index contributed by atoms with van der Waals surface area (Å²) in [6.45, 7) is 1.74. The Morgan fingerprint density at radius 1 is 1.22 bits per heavy atom. The number of hydrogen-bond donors (Lipinski definition) is 1. The molecule has 0 atom stereocenters. The minimum Gasteiger partial charge on any atom is -0.447 e. The van der Waals surface area contributed by atoms with Gasteiger partial charge >= 0.3 is 0 Å². The van der Waals surface area contributed by atoms with Gasteiger partial charge in [-0.2, -0.15) is 4.31 Å². The van der Waals surface area contributed by atoms with Gasteiger partial charge in [0, 0.05) is 13.1 Å². The smallest absolute Gasteiger partial charge is 0.276 e. The van der Waals surface area contributed by atoms with E-state index in [1.54, 1.807) is 23.5 Å². The van der Waals surface area contributed by atoms with Gasteiger partial charge in [0.25, 0.3) is 10.0 Å². The Morgan fingerprint density at radius 2 is 1.89 bits per heavy atom. The summed E-state index contributed by atoms with van der Waals surface area (Å²) in [5, 5.41) is 3.00. The fourth-order valence-electron chi connectivity index (χ4n) is 2.18. The number of furan rings is 1. The van der Waals surface area contributed by atoms with Crippen molar-refractivity contribution in [3.05, 3.63) is 17.9 Å². The third kappa shape index (κ3) is 2.93. The van der Waals surface area contributed by atoms with Crippen molar-refractivity contribution in [1.29, 1.82) is 0 Å². The maximum absolute atomic E-state index is 12.4. The summed E-state index contributed by atoms with van der Waals surface area (Å²) in [5.41, 5.74) is 0. The highest BCUT2D eigenvalue weighted by molar-refractivity contribution is 7.89. The number of nitrogens with zero attached hydrogens (tertiary/aromatic N) is 1. The van der Waals surface area contributed by atoms with Gasteiger partial charge in [0.2, 0.25) is 5.09 Å². The molecule has 0 bridgehead atoms. The molecule has 0 aromatic carbocycles. The fourth-order valence-corrected chi connectivity index (χ4v) is 3.62. The van der Waals surface area contributed by atoms with Gasteiger partial charge in [0.15, 0.2) is 0 Å². The SMILES string of the molecule is CNCc1ccc(S(=O)(=O)N2CCCCCC2)o1. The summed E-state index contributed by atoms with van der Waals surface area (Å²) in [7, 11) is -1.65. The van der Waals surface area contributed by atoms with Crippen molar-refractivity contribution in [2.45, 2.75) is 37.3 Å². The molecule has 2 heterocycles. The zero-order valence-electron chi connectivity index (χ0n) is 10.7. The lowest BCUT2D eigenvalue weighted by molar-refractivity contribution is 0.369. The molecule has 102 valence electrons. The van der Waals surface area contributed by atoms with Gasteiger partial charge in [0.05, 0.1) is 6.54 Å². The van der Waals surface area contributed by atoms with Crippen LogP contribution in [0.1, 0.15) is 31.4 Å². The van der Waals surface area contributed by atoms with E-state index in [4.69, 9.17) is 4.42 Å². The summed E-state index contributed by atoms with van der Waals surface area (Å²) in [5.74, 6) is 0.644. The van der Waals surface area contributed by atoms with Crippen molar-refractivity contribution in [3.63, 3.8) is 0 Å². The molecular weight excluding hydrogens is 252 g/mol. The average Bonchev–Trinajstić information content (AvgIpc) is 2.65. The van der Waals surface area contributed by atoms with E-state index in [0.717, 1.165) is 25.7 Å². The lowest BCUT2D eigenvalue weighted by Gasteiger charge is -2.17. The highest BCUT2D eigenvalue weighted by Gasteiger charge is 2.27. The lowest BCUT2D eigenvalue weighted by atomic mass is 10.2. The minimum absolute atomic E-state index is 0.0645. The monoisotopic (exact) mass is 272 g/mol. The first-order chi connectivity index (χ1) is 8.64. The van der Waals surface area contributed by atoms with E-state index in [1.807, 2.05) is 0 Å². The van der Waals surface area contributed by atoms with Crippen LogP contribution in [-0.2, 0) is 16.6 Å². The van der Waals surface area contributed by atoms with E-state index < -0.39 is 10.0 Å². The predicted molar refractivity (Wildman–Crippen MR) is 68.7 cm³/mol. The van der Waals surface area contributed by atoms with Gasteiger partial charge in [-0.1, -0.05) is 12.8 Å². The number of hydrogen-bond acceptors (Lipinski definition) is 4. The Morgan fingerprint density at radius 3 is 2.50 bits per heavy atom. The molecule has 2 rings (SSSR count). The Labute approximate surface area is 108 Å². The maximum Gasteiger partial charge on any atom is 0.276 e. The van der Waals surface area contributed by atoms with E-state index in [0.29, 0.717) is 25.4 Å². The molecule has 0 spiro atoms. The molecule has 1 aliphatic heterocycles. The van der Waals surface area contributed by atoms with Gasteiger partial charge in [-0.05, 0) is 32.0 Å². The van der Waals surface area contributed by atoms with Crippen LogP contribution >= 0.6 is 0 Å². The van der Waals surface area contributed by atoms with Crippen molar-refractivity contribution in [2.75, 3.05) is 20.1 Å². The summed E-state index contributed by atoms with van der Waals surface area (Å²) in [4.78, 5) is 0. The first kappa shape index (κ1) is 13.6. The van der Waals surface area contributed by atoms with Crippen LogP contribution in [-0.4, -0.2) is 32.9 Å². The Bertz CT molecular complexity index is 473. The highest BCUT2D eigenvalue weighted by atomic mass is 32.2.